The van der Waals surface area contributed by atoms with Crippen molar-refractivity contribution in [1.82, 2.24) is 9.55 Å². The summed E-state index contributed by atoms with van der Waals surface area (Å²) in [4.78, 5) is 14.3. The molecule has 70 valence electrons. The zero-order valence-electron chi connectivity index (χ0n) is 7.31. The molecule has 0 aliphatic carbocycles. The third-order valence-electron chi connectivity index (χ3n) is 1.62. The number of nitrogens with zero attached hydrogens (tertiary/aromatic N) is 2. The molecule has 1 aromatic heterocycles. The molecule has 0 unspecified atom stereocenters. The Hall–Kier alpha value is -1.58. The van der Waals surface area contributed by atoms with Gasteiger partial charge in [0.2, 0.25) is 0 Å². The highest BCUT2D eigenvalue weighted by molar-refractivity contribution is 5.66. The first-order chi connectivity index (χ1) is 6.22. The van der Waals surface area contributed by atoms with Crippen LogP contribution in [0.2, 0.25) is 0 Å². The Bertz CT molecular complexity index is 304. The normalized spacial score (nSPS) is 9.85. The van der Waals surface area contributed by atoms with Gasteiger partial charge in [-0.2, -0.15) is 0 Å². The summed E-state index contributed by atoms with van der Waals surface area (Å²) in [6, 6.07) is 0. The van der Waals surface area contributed by atoms with Crippen LogP contribution in [-0.2, 0) is 17.8 Å². The van der Waals surface area contributed by atoms with Crippen LogP contribution in [0.15, 0.2) is 25.2 Å². The molecule has 1 rings (SSSR count). The lowest BCUT2D eigenvalue weighted by Crippen LogP contribution is -1.97. The van der Waals surface area contributed by atoms with Gasteiger partial charge in [0, 0.05) is 19.2 Å². The number of aryl methyl sites for hydroxylation is 1. The lowest BCUT2D eigenvalue weighted by atomic mass is 10.2. The summed E-state index contributed by atoms with van der Waals surface area (Å²) >= 11 is 0. The van der Waals surface area contributed by atoms with Crippen molar-refractivity contribution >= 4 is 5.97 Å². The van der Waals surface area contributed by atoms with E-state index >= 15 is 0 Å². The number of rotatable bonds is 5. The molecule has 0 spiro atoms. The molecule has 0 radical (unpaired) electrons. The van der Waals surface area contributed by atoms with Gasteiger partial charge in [-0.25, -0.2) is 4.98 Å². The topological polar surface area (TPSA) is 55.1 Å². The van der Waals surface area contributed by atoms with E-state index in [9.17, 15) is 4.79 Å². The maximum Gasteiger partial charge on any atom is 0.303 e. The molecule has 0 aliphatic rings. The number of aliphatic carboxylic acids is 1. The van der Waals surface area contributed by atoms with Crippen LogP contribution in [0, 0.1) is 0 Å². The van der Waals surface area contributed by atoms with E-state index < -0.39 is 5.97 Å². The van der Waals surface area contributed by atoms with Crippen molar-refractivity contribution in [2.24, 2.45) is 0 Å². The van der Waals surface area contributed by atoms with E-state index in [0.29, 0.717) is 13.0 Å². The van der Waals surface area contributed by atoms with Crippen molar-refractivity contribution in [3.05, 3.63) is 30.9 Å². The molecule has 0 aromatic carbocycles. The van der Waals surface area contributed by atoms with Gasteiger partial charge in [-0.05, 0) is 0 Å². The standard InChI is InChI=1S/C9H12N2O2/c1-2-5-11-6-8(10-7-11)3-4-9(12)13/h2,6-7H,1,3-5H2,(H,12,13). The number of aromatic nitrogens is 2. The molecule has 1 N–H and O–H groups in total. The number of hydrogen-bond acceptors (Lipinski definition) is 2. The van der Waals surface area contributed by atoms with E-state index in [-0.39, 0.29) is 6.42 Å². The monoisotopic (exact) mass is 180 g/mol. The van der Waals surface area contributed by atoms with Crippen LogP contribution in [-0.4, -0.2) is 20.6 Å². The molecular formula is C9H12N2O2. The molecule has 0 amide bonds. The van der Waals surface area contributed by atoms with Gasteiger partial charge >= 0.3 is 5.97 Å². The third-order valence-corrected chi connectivity index (χ3v) is 1.62. The maximum absolute atomic E-state index is 10.3. The van der Waals surface area contributed by atoms with E-state index in [2.05, 4.69) is 11.6 Å². The van der Waals surface area contributed by atoms with Crippen LogP contribution < -0.4 is 0 Å². The molecule has 0 aliphatic heterocycles. The second kappa shape index (κ2) is 4.45. The Morgan fingerprint density at radius 3 is 3.15 bits per heavy atom. The highest BCUT2D eigenvalue weighted by Crippen LogP contribution is 2.00. The van der Waals surface area contributed by atoms with Gasteiger partial charge in [-0.15, -0.1) is 6.58 Å². The molecule has 4 heteroatoms. The summed E-state index contributed by atoms with van der Waals surface area (Å²) in [6.45, 7) is 4.31. The Morgan fingerprint density at radius 1 is 1.77 bits per heavy atom. The average Bonchev–Trinajstić information content (AvgIpc) is 2.50. The lowest BCUT2D eigenvalue weighted by Gasteiger charge is -1.93. The number of carboxylic acids is 1. The number of imidazole rings is 1. The predicted molar refractivity (Wildman–Crippen MR) is 48.4 cm³/mol. The van der Waals surface area contributed by atoms with Gasteiger partial charge in [-0.3, -0.25) is 4.79 Å². The largest absolute Gasteiger partial charge is 0.481 e. The van der Waals surface area contributed by atoms with Gasteiger partial charge in [0.15, 0.2) is 0 Å². The van der Waals surface area contributed by atoms with Gasteiger partial charge in [0.1, 0.15) is 0 Å². The minimum absolute atomic E-state index is 0.130. The van der Waals surface area contributed by atoms with E-state index in [1.807, 2.05) is 10.8 Å². The molecule has 0 fully saturated rings. The Kier molecular flexibility index (Phi) is 3.25. The van der Waals surface area contributed by atoms with Crippen molar-refractivity contribution in [1.29, 1.82) is 0 Å². The summed E-state index contributed by atoms with van der Waals surface area (Å²) < 4.78 is 1.87. The molecule has 1 aromatic rings. The van der Waals surface area contributed by atoms with Crippen LogP contribution in [0.5, 0.6) is 0 Å². The molecule has 0 bridgehead atoms. The van der Waals surface area contributed by atoms with Gasteiger partial charge in [0.25, 0.3) is 0 Å². The molecular weight excluding hydrogens is 168 g/mol. The zero-order chi connectivity index (χ0) is 9.68. The van der Waals surface area contributed by atoms with Gasteiger partial charge in [-0.1, -0.05) is 6.08 Å². The van der Waals surface area contributed by atoms with E-state index in [4.69, 9.17) is 5.11 Å². The second-order valence-electron chi connectivity index (χ2n) is 2.74. The summed E-state index contributed by atoms with van der Waals surface area (Å²) in [7, 11) is 0. The lowest BCUT2D eigenvalue weighted by molar-refractivity contribution is -0.136. The highest BCUT2D eigenvalue weighted by atomic mass is 16.4. The summed E-state index contributed by atoms with van der Waals surface area (Å²) in [6.07, 6.45) is 5.90. The molecule has 1 heterocycles. The van der Waals surface area contributed by atoms with Crippen molar-refractivity contribution in [2.45, 2.75) is 19.4 Å². The van der Waals surface area contributed by atoms with E-state index in [1.54, 1.807) is 12.4 Å². The predicted octanol–water partition coefficient (Wildman–Crippen LogP) is 1.09. The van der Waals surface area contributed by atoms with Crippen LogP contribution in [0.3, 0.4) is 0 Å². The number of hydrogen-bond donors (Lipinski definition) is 1. The number of carbonyl (C=O) groups is 1. The second-order valence-corrected chi connectivity index (χ2v) is 2.74. The third kappa shape index (κ3) is 3.11. The van der Waals surface area contributed by atoms with Crippen molar-refractivity contribution in [2.75, 3.05) is 0 Å². The van der Waals surface area contributed by atoms with E-state index in [1.165, 1.54) is 0 Å². The SMILES string of the molecule is C=CCn1cnc(CCC(=O)O)c1. The average molecular weight is 180 g/mol. The quantitative estimate of drug-likeness (QED) is 0.690. The number of allylic oxidation sites excluding steroid dienone is 1. The van der Waals surface area contributed by atoms with Crippen LogP contribution in [0.25, 0.3) is 0 Å². The first-order valence-electron chi connectivity index (χ1n) is 4.05. The molecule has 0 atom stereocenters. The van der Waals surface area contributed by atoms with Crippen molar-refractivity contribution < 1.29 is 9.90 Å². The maximum atomic E-state index is 10.3. The van der Waals surface area contributed by atoms with Crippen molar-refractivity contribution in [3.8, 4) is 0 Å². The fourth-order valence-corrected chi connectivity index (χ4v) is 1.02. The summed E-state index contributed by atoms with van der Waals surface area (Å²) in [5.74, 6) is -0.793. The first-order valence-corrected chi connectivity index (χ1v) is 4.05. The van der Waals surface area contributed by atoms with Gasteiger partial charge < -0.3 is 9.67 Å². The van der Waals surface area contributed by atoms with Crippen LogP contribution in [0.1, 0.15) is 12.1 Å². The van der Waals surface area contributed by atoms with Crippen molar-refractivity contribution in [3.63, 3.8) is 0 Å². The minimum Gasteiger partial charge on any atom is -0.481 e. The Morgan fingerprint density at radius 2 is 2.54 bits per heavy atom. The molecule has 0 saturated carbocycles. The fourth-order valence-electron chi connectivity index (χ4n) is 1.02. The Labute approximate surface area is 76.5 Å². The fraction of sp³-hybridized carbons (Fsp3) is 0.333. The Balaban J connectivity index is 2.48. The van der Waals surface area contributed by atoms with E-state index in [0.717, 1.165) is 5.69 Å². The molecule has 4 nitrogen and oxygen atoms in total. The molecule has 13 heavy (non-hydrogen) atoms. The molecule has 0 saturated heterocycles. The minimum atomic E-state index is -0.793. The summed E-state index contributed by atoms with van der Waals surface area (Å²) in [5.41, 5.74) is 0.809. The zero-order valence-corrected chi connectivity index (χ0v) is 7.31. The van der Waals surface area contributed by atoms with Gasteiger partial charge in [0.05, 0.1) is 18.4 Å². The van der Waals surface area contributed by atoms with Crippen LogP contribution in [0.4, 0.5) is 0 Å². The highest BCUT2D eigenvalue weighted by Gasteiger charge is 2.01. The van der Waals surface area contributed by atoms with Crippen LogP contribution >= 0.6 is 0 Å². The smallest absolute Gasteiger partial charge is 0.303 e. The first kappa shape index (κ1) is 9.51. The summed E-state index contributed by atoms with van der Waals surface area (Å²) in [5, 5.41) is 8.43. The number of carboxylic acid groups (broad SMARTS) is 1.